The van der Waals surface area contributed by atoms with Crippen LogP contribution in [-0.2, 0) is 0 Å². The number of nitrogens with one attached hydrogen (secondary N) is 2. The number of imidazole rings is 1. The number of para-hydroxylation sites is 1. The molecule has 0 bridgehead atoms. The zero-order chi connectivity index (χ0) is 17.2. The molecule has 24 heavy (non-hydrogen) atoms. The Morgan fingerprint density at radius 3 is 2.83 bits per heavy atom. The molecular formula is C19H20N4O. The molecule has 5 heteroatoms. The molecule has 5 nitrogen and oxygen atoms in total. The maximum absolute atomic E-state index is 12.4. The van der Waals surface area contributed by atoms with Crippen molar-refractivity contribution in [3.8, 4) is 6.07 Å². The number of rotatable bonds is 3. The summed E-state index contributed by atoms with van der Waals surface area (Å²) in [4.78, 5) is 18.9. The Labute approximate surface area is 141 Å². The minimum atomic E-state index is -0.298. The van der Waals surface area contributed by atoms with E-state index < -0.39 is 0 Å². The molecule has 1 amide bonds. The fourth-order valence-corrected chi connectivity index (χ4v) is 2.88. The van der Waals surface area contributed by atoms with Gasteiger partial charge in [-0.25, -0.2) is 4.98 Å². The van der Waals surface area contributed by atoms with Crippen LogP contribution >= 0.6 is 0 Å². The number of aromatic nitrogens is 2. The number of hydrogen-bond donors (Lipinski definition) is 2. The van der Waals surface area contributed by atoms with E-state index >= 15 is 0 Å². The predicted molar refractivity (Wildman–Crippen MR) is 93.3 cm³/mol. The third kappa shape index (κ3) is 3.38. The second-order valence-electron chi connectivity index (χ2n) is 6.85. The van der Waals surface area contributed by atoms with Gasteiger partial charge in [0.05, 0.1) is 6.20 Å². The first-order valence-electron chi connectivity index (χ1n) is 8.03. The summed E-state index contributed by atoms with van der Waals surface area (Å²) in [6.45, 7) is 4.55. The van der Waals surface area contributed by atoms with E-state index in [9.17, 15) is 4.79 Å². The number of benzene rings is 1. The van der Waals surface area contributed by atoms with Crippen molar-refractivity contribution >= 4 is 17.2 Å². The van der Waals surface area contributed by atoms with E-state index in [2.05, 4.69) is 35.2 Å². The molecule has 0 saturated carbocycles. The summed E-state index contributed by atoms with van der Waals surface area (Å²) in [5.74, 6) is -0.168. The van der Waals surface area contributed by atoms with E-state index in [4.69, 9.17) is 5.26 Å². The van der Waals surface area contributed by atoms with E-state index in [1.165, 1.54) is 11.8 Å². The first-order valence-corrected chi connectivity index (χ1v) is 8.03. The number of carbonyl (C=O) groups is 1. The van der Waals surface area contributed by atoms with Gasteiger partial charge in [0.1, 0.15) is 11.8 Å². The van der Waals surface area contributed by atoms with Gasteiger partial charge in [-0.3, -0.25) is 4.79 Å². The molecule has 2 aromatic rings. The molecule has 1 aliphatic carbocycles. The van der Waals surface area contributed by atoms with Crippen LogP contribution in [0.3, 0.4) is 0 Å². The Hall–Kier alpha value is -2.87. The fourth-order valence-electron chi connectivity index (χ4n) is 2.88. The Morgan fingerprint density at radius 2 is 2.17 bits per heavy atom. The lowest BCUT2D eigenvalue weighted by atomic mass is 9.77. The monoisotopic (exact) mass is 320 g/mol. The number of H-pyrrole nitrogens is 1. The molecule has 122 valence electrons. The molecule has 0 aliphatic heterocycles. The molecule has 0 fully saturated rings. The minimum Gasteiger partial charge on any atom is -0.325 e. The van der Waals surface area contributed by atoms with Crippen LogP contribution in [-0.4, -0.2) is 15.9 Å². The lowest BCUT2D eigenvalue weighted by Crippen LogP contribution is -2.16. The smallest absolute Gasteiger partial charge is 0.273 e. The Balaban J connectivity index is 1.84. The van der Waals surface area contributed by atoms with Gasteiger partial charge in [0.2, 0.25) is 5.82 Å². The minimum absolute atomic E-state index is 0.130. The van der Waals surface area contributed by atoms with Crippen LogP contribution in [0.5, 0.6) is 0 Å². The average Bonchev–Trinajstić information content (AvgIpc) is 3.05. The molecule has 0 saturated heterocycles. The summed E-state index contributed by atoms with van der Waals surface area (Å²) in [5, 5.41) is 11.7. The van der Waals surface area contributed by atoms with Crippen molar-refractivity contribution in [1.29, 1.82) is 5.26 Å². The SMILES string of the molecule is CC1(C)CC=C(c2ccccc2NC(=O)c2cnc(C#N)[nH]2)CC1. The highest BCUT2D eigenvalue weighted by Gasteiger charge is 2.23. The van der Waals surface area contributed by atoms with E-state index in [0.717, 1.165) is 30.5 Å². The third-order valence-corrected chi connectivity index (χ3v) is 4.42. The van der Waals surface area contributed by atoms with Crippen molar-refractivity contribution < 1.29 is 4.79 Å². The number of anilines is 1. The quantitative estimate of drug-likeness (QED) is 0.892. The van der Waals surface area contributed by atoms with Crippen LogP contribution < -0.4 is 5.32 Å². The Bertz CT molecular complexity index is 839. The zero-order valence-corrected chi connectivity index (χ0v) is 13.9. The van der Waals surface area contributed by atoms with Gasteiger partial charge >= 0.3 is 0 Å². The van der Waals surface area contributed by atoms with Gasteiger partial charge in [-0.15, -0.1) is 0 Å². The van der Waals surface area contributed by atoms with Crippen LogP contribution in [0.1, 0.15) is 55.0 Å². The van der Waals surface area contributed by atoms with Gasteiger partial charge in [-0.2, -0.15) is 5.26 Å². The summed E-state index contributed by atoms with van der Waals surface area (Å²) in [6, 6.07) is 9.70. The molecule has 0 radical (unpaired) electrons. The lowest BCUT2D eigenvalue weighted by Gasteiger charge is -2.29. The number of allylic oxidation sites excluding steroid dienone is 2. The lowest BCUT2D eigenvalue weighted by molar-refractivity contribution is 0.102. The Morgan fingerprint density at radius 1 is 1.38 bits per heavy atom. The number of aromatic amines is 1. The second-order valence-corrected chi connectivity index (χ2v) is 6.85. The topological polar surface area (TPSA) is 81.6 Å². The predicted octanol–water partition coefficient (Wildman–Crippen LogP) is 4.13. The van der Waals surface area contributed by atoms with Crippen molar-refractivity contribution in [2.75, 3.05) is 5.32 Å². The number of amides is 1. The van der Waals surface area contributed by atoms with Gasteiger partial charge < -0.3 is 10.3 Å². The Kier molecular flexibility index (Phi) is 4.22. The van der Waals surface area contributed by atoms with Crippen LogP contribution in [0.4, 0.5) is 5.69 Å². The van der Waals surface area contributed by atoms with Gasteiger partial charge in [0, 0.05) is 11.3 Å². The van der Waals surface area contributed by atoms with Crippen LogP contribution in [0.25, 0.3) is 5.57 Å². The molecule has 0 unspecified atom stereocenters. The summed E-state index contributed by atoms with van der Waals surface area (Å²) in [6.07, 6.45) is 6.82. The molecule has 3 rings (SSSR count). The van der Waals surface area contributed by atoms with Crippen LogP contribution in [0.2, 0.25) is 0 Å². The summed E-state index contributed by atoms with van der Waals surface area (Å²) >= 11 is 0. The van der Waals surface area contributed by atoms with Gasteiger partial charge in [-0.1, -0.05) is 38.1 Å². The van der Waals surface area contributed by atoms with Crippen molar-refractivity contribution in [3.63, 3.8) is 0 Å². The highest BCUT2D eigenvalue weighted by molar-refractivity contribution is 6.04. The number of nitrogens with zero attached hydrogens (tertiary/aromatic N) is 2. The normalized spacial score (nSPS) is 16.1. The highest BCUT2D eigenvalue weighted by atomic mass is 16.1. The molecule has 0 atom stereocenters. The molecule has 1 aliphatic rings. The van der Waals surface area contributed by atoms with E-state index in [0.29, 0.717) is 5.41 Å². The fraction of sp³-hybridized carbons (Fsp3) is 0.316. The molecule has 1 aromatic heterocycles. The average molecular weight is 320 g/mol. The second kappa shape index (κ2) is 6.32. The number of nitriles is 1. The van der Waals surface area contributed by atoms with Gasteiger partial charge in [0.25, 0.3) is 5.91 Å². The summed E-state index contributed by atoms with van der Waals surface area (Å²) in [5.41, 5.74) is 3.72. The molecule has 1 aromatic carbocycles. The first kappa shape index (κ1) is 16.0. The van der Waals surface area contributed by atoms with E-state index in [-0.39, 0.29) is 17.4 Å². The van der Waals surface area contributed by atoms with Crippen molar-refractivity contribution in [2.45, 2.75) is 33.1 Å². The van der Waals surface area contributed by atoms with Crippen molar-refractivity contribution in [1.82, 2.24) is 9.97 Å². The summed E-state index contributed by atoms with van der Waals surface area (Å²) in [7, 11) is 0. The first-order chi connectivity index (χ1) is 11.5. The van der Waals surface area contributed by atoms with E-state index in [1.54, 1.807) is 0 Å². The van der Waals surface area contributed by atoms with Crippen molar-refractivity contribution in [3.05, 3.63) is 53.6 Å². The molecular weight excluding hydrogens is 300 g/mol. The maximum Gasteiger partial charge on any atom is 0.273 e. The van der Waals surface area contributed by atoms with Gasteiger partial charge in [-0.05, 0) is 36.3 Å². The van der Waals surface area contributed by atoms with Gasteiger partial charge in [0.15, 0.2) is 0 Å². The summed E-state index contributed by atoms with van der Waals surface area (Å²) < 4.78 is 0. The highest BCUT2D eigenvalue weighted by Crippen LogP contribution is 2.39. The number of carbonyl (C=O) groups excluding carboxylic acids is 1. The zero-order valence-electron chi connectivity index (χ0n) is 13.9. The third-order valence-electron chi connectivity index (χ3n) is 4.42. The molecule has 0 spiro atoms. The van der Waals surface area contributed by atoms with Crippen LogP contribution in [0, 0.1) is 16.7 Å². The molecule has 2 N–H and O–H groups in total. The molecule has 1 heterocycles. The largest absolute Gasteiger partial charge is 0.325 e. The van der Waals surface area contributed by atoms with E-state index in [1.807, 2.05) is 30.3 Å². The maximum atomic E-state index is 12.4. The van der Waals surface area contributed by atoms with Crippen molar-refractivity contribution in [2.24, 2.45) is 5.41 Å². The standard InChI is InChI=1S/C19H20N4O/c1-19(2)9-7-13(8-10-19)14-5-3-4-6-15(14)23-18(24)16-12-21-17(11-20)22-16/h3-7,12H,8-10H2,1-2H3,(H,21,22)(H,23,24). The number of hydrogen-bond acceptors (Lipinski definition) is 3. The van der Waals surface area contributed by atoms with Crippen LogP contribution in [0.15, 0.2) is 36.5 Å².